The third-order valence-electron chi connectivity index (χ3n) is 3.47. The van der Waals surface area contributed by atoms with Crippen LogP contribution in [0.1, 0.15) is 34.5 Å². The lowest BCUT2D eigenvalue weighted by molar-refractivity contribution is 0.0945. The van der Waals surface area contributed by atoms with E-state index in [0.29, 0.717) is 18.8 Å². The Labute approximate surface area is 148 Å². The number of benzene rings is 1. The van der Waals surface area contributed by atoms with Crippen LogP contribution < -0.4 is 10.1 Å². The van der Waals surface area contributed by atoms with Crippen LogP contribution in [-0.2, 0) is 6.54 Å². The highest BCUT2D eigenvalue weighted by molar-refractivity contribution is 7.09. The van der Waals surface area contributed by atoms with E-state index < -0.39 is 0 Å². The minimum absolute atomic E-state index is 0.288. The maximum absolute atomic E-state index is 12.3. The maximum atomic E-state index is 12.3. The van der Waals surface area contributed by atoms with Crippen LogP contribution in [0.2, 0.25) is 0 Å². The largest absolute Gasteiger partial charge is 0.494 e. The molecule has 1 N–H and O–H groups in total. The van der Waals surface area contributed by atoms with Gasteiger partial charge in [-0.2, -0.15) is 0 Å². The third-order valence-corrected chi connectivity index (χ3v) is 4.17. The van der Waals surface area contributed by atoms with Crippen LogP contribution >= 0.6 is 11.3 Å². The Morgan fingerprint density at radius 3 is 2.76 bits per heavy atom. The maximum Gasteiger partial charge on any atom is 0.274 e. The summed E-state index contributed by atoms with van der Waals surface area (Å²) in [5, 5.41) is 19.2. The molecule has 2 heterocycles. The molecule has 0 unspecified atom stereocenters. The zero-order chi connectivity index (χ0) is 17.6. The van der Waals surface area contributed by atoms with E-state index in [9.17, 15) is 4.79 Å². The first-order chi connectivity index (χ1) is 12.2. The van der Waals surface area contributed by atoms with Gasteiger partial charge < -0.3 is 10.1 Å². The summed E-state index contributed by atoms with van der Waals surface area (Å²) in [4.78, 5) is 12.3. The van der Waals surface area contributed by atoms with Crippen molar-refractivity contribution in [1.82, 2.24) is 30.5 Å². The number of hydrogen-bond donors (Lipinski definition) is 1. The van der Waals surface area contributed by atoms with Crippen LogP contribution in [-0.4, -0.2) is 37.7 Å². The fourth-order valence-electron chi connectivity index (χ4n) is 2.20. The van der Waals surface area contributed by atoms with Gasteiger partial charge in [0.2, 0.25) is 0 Å². The summed E-state index contributed by atoms with van der Waals surface area (Å²) in [6, 6.07) is 7.52. The molecule has 0 bridgehead atoms. The zero-order valence-corrected chi connectivity index (χ0v) is 14.8. The summed E-state index contributed by atoms with van der Waals surface area (Å²) in [5.41, 5.74) is 3.39. The molecule has 130 valence electrons. The van der Waals surface area contributed by atoms with Gasteiger partial charge in [-0.25, -0.2) is 4.68 Å². The highest BCUT2D eigenvalue weighted by Gasteiger charge is 2.17. The Hall–Kier alpha value is -2.81. The molecule has 1 amide bonds. The number of amides is 1. The van der Waals surface area contributed by atoms with Crippen LogP contribution in [0.15, 0.2) is 29.8 Å². The minimum atomic E-state index is -0.290. The second-order valence-corrected chi connectivity index (χ2v) is 6.21. The van der Waals surface area contributed by atoms with Crippen LogP contribution in [0.3, 0.4) is 0 Å². The van der Waals surface area contributed by atoms with Gasteiger partial charge in [-0.3, -0.25) is 4.79 Å². The van der Waals surface area contributed by atoms with Gasteiger partial charge in [-0.05, 0) is 37.6 Å². The number of carbonyl (C=O) groups is 1. The normalized spacial score (nSPS) is 10.6. The van der Waals surface area contributed by atoms with E-state index in [-0.39, 0.29) is 11.6 Å². The molecule has 8 nitrogen and oxygen atoms in total. The highest BCUT2D eigenvalue weighted by atomic mass is 32.1. The van der Waals surface area contributed by atoms with Crippen LogP contribution in [0.4, 0.5) is 0 Å². The van der Waals surface area contributed by atoms with E-state index in [1.54, 1.807) is 17.1 Å². The molecule has 0 saturated carbocycles. The topological polar surface area (TPSA) is 94.8 Å². The van der Waals surface area contributed by atoms with Gasteiger partial charge in [0.25, 0.3) is 5.91 Å². The van der Waals surface area contributed by atoms with Gasteiger partial charge in [-0.1, -0.05) is 12.1 Å². The number of hydrogen-bond acceptors (Lipinski definition) is 7. The average Bonchev–Trinajstić information content (AvgIpc) is 3.28. The fraction of sp³-hybridized carbons (Fsp3) is 0.312. The second-order valence-electron chi connectivity index (χ2n) is 5.29. The SMILES string of the molecule is CCCOc1ccc(-n2nnc(C(=O)NCc3nncs3)c2C)cc1. The van der Waals surface area contributed by atoms with E-state index in [4.69, 9.17) is 4.74 Å². The average molecular weight is 358 g/mol. The molecule has 3 rings (SSSR count). The van der Waals surface area contributed by atoms with Crippen molar-refractivity contribution in [3.8, 4) is 11.4 Å². The van der Waals surface area contributed by atoms with Crippen molar-refractivity contribution in [3.05, 3.63) is 46.2 Å². The highest BCUT2D eigenvalue weighted by Crippen LogP contribution is 2.17. The van der Waals surface area contributed by atoms with Crippen LogP contribution in [0.25, 0.3) is 5.69 Å². The molecule has 3 aromatic rings. The molecule has 0 saturated heterocycles. The quantitative estimate of drug-likeness (QED) is 0.695. The second kappa shape index (κ2) is 7.84. The van der Waals surface area contributed by atoms with Gasteiger partial charge in [0.1, 0.15) is 16.3 Å². The summed E-state index contributed by atoms with van der Waals surface area (Å²) in [7, 11) is 0. The van der Waals surface area contributed by atoms with Gasteiger partial charge in [0, 0.05) is 0 Å². The Balaban J connectivity index is 1.70. The number of nitrogens with one attached hydrogen (secondary N) is 1. The Morgan fingerprint density at radius 2 is 2.08 bits per heavy atom. The molecule has 1 aromatic carbocycles. The fourth-order valence-corrected chi connectivity index (χ4v) is 2.67. The standard InChI is InChI=1S/C16H18N6O2S/c1-3-8-24-13-6-4-12(5-7-13)22-11(2)15(20-21-22)16(23)17-9-14-19-18-10-25-14/h4-7,10H,3,8-9H2,1-2H3,(H,17,23). The van der Waals surface area contributed by atoms with Crippen LogP contribution in [0.5, 0.6) is 5.75 Å². The van der Waals surface area contributed by atoms with E-state index >= 15 is 0 Å². The molecule has 0 fully saturated rings. The predicted molar refractivity (Wildman–Crippen MR) is 93.0 cm³/mol. The van der Waals surface area contributed by atoms with Crippen LogP contribution in [0, 0.1) is 6.92 Å². The first-order valence-corrected chi connectivity index (χ1v) is 8.75. The van der Waals surface area contributed by atoms with Gasteiger partial charge >= 0.3 is 0 Å². The summed E-state index contributed by atoms with van der Waals surface area (Å²) < 4.78 is 7.20. The lowest BCUT2D eigenvalue weighted by Crippen LogP contribution is -2.24. The molecule has 0 aliphatic rings. The molecule has 2 aromatic heterocycles. The van der Waals surface area contributed by atoms with Crippen molar-refractivity contribution in [2.75, 3.05) is 6.61 Å². The van der Waals surface area contributed by atoms with Crippen molar-refractivity contribution in [2.24, 2.45) is 0 Å². The summed E-state index contributed by atoms with van der Waals surface area (Å²) in [6.07, 6.45) is 0.958. The molecule has 0 spiro atoms. The van der Waals surface area contributed by atoms with Gasteiger partial charge in [-0.15, -0.1) is 26.6 Å². The van der Waals surface area contributed by atoms with Crippen molar-refractivity contribution < 1.29 is 9.53 Å². The minimum Gasteiger partial charge on any atom is -0.494 e. The zero-order valence-electron chi connectivity index (χ0n) is 14.0. The first kappa shape index (κ1) is 17.0. The molecule has 25 heavy (non-hydrogen) atoms. The molecule has 0 radical (unpaired) electrons. The van der Waals surface area contributed by atoms with Crippen molar-refractivity contribution in [1.29, 1.82) is 0 Å². The Morgan fingerprint density at radius 1 is 1.28 bits per heavy atom. The molecular formula is C16H18N6O2S. The summed E-state index contributed by atoms with van der Waals surface area (Å²) >= 11 is 1.38. The summed E-state index contributed by atoms with van der Waals surface area (Å²) in [5.74, 6) is 0.514. The summed E-state index contributed by atoms with van der Waals surface area (Å²) in [6.45, 7) is 4.87. The van der Waals surface area contributed by atoms with E-state index in [1.807, 2.05) is 24.3 Å². The molecule has 0 aliphatic carbocycles. The van der Waals surface area contributed by atoms with Gasteiger partial charge in [0.15, 0.2) is 5.69 Å². The lowest BCUT2D eigenvalue weighted by Gasteiger charge is -2.07. The smallest absolute Gasteiger partial charge is 0.274 e. The number of carbonyl (C=O) groups excluding carboxylic acids is 1. The number of rotatable bonds is 7. The Bertz CT molecular complexity index is 829. The van der Waals surface area contributed by atoms with E-state index in [2.05, 4.69) is 32.7 Å². The molecule has 9 heteroatoms. The third kappa shape index (κ3) is 4.00. The molecule has 0 atom stereocenters. The van der Waals surface area contributed by atoms with Crippen molar-refractivity contribution >= 4 is 17.2 Å². The predicted octanol–water partition coefficient (Wildman–Crippen LogP) is 2.15. The lowest BCUT2D eigenvalue weighted by atomic mass is 10.2. The number of nitrogens with zero attached hydrogens (tertiary/aromatic N) is 5. The monoisotopic (exact) mass is 358 g/mol. The van der Waals surface area contributed by atoms with Crippen molar-refractivity contribution in [3.63, 3.8) is 0 Å². The first-order valence-electron chi connectivity index (χ1n) is 7.87. The molecule has 0 aliphatic heterocycles. The van der Waals surface area contributed by atoms with E-state index in [1.165, 1.54) is 11.3 Å². The van der Waals surface area contributed by atoms with E-state index in [0.717, 1.165) is 22.9 Å². The Kier molecular flexibility index (Phi) is 5.34. The number of aromatic nitrogens is 5. The number of ether oxygens (including phenoxy) is 1. The molecular weight excluding hydrogens is 340 g/mol. The van der Waals surface area contributed by atoms with Gasteiger partial charge in [0.05, 0.1) is 24.5 Å². The van der Waals surface area contributed by atoms with Crippen molar-refractivity contribution in [2.45, 2.75) is 26.8 Å².